The Kier molecular flexibility index (Phi) is 8.37. The third kappa shape index (κ3) is 6.07. The smallest absolute Gasteiger partial charge is 0.137 e. The van der Waals surface area contributed by atoms with Crippen LogP contribution in [0.3, 0.4) is 0 Å². The zero-order valence-corrected chi connectivity index (χ0v) is 16.6. The first kappa shape index (κ1) is 20.4. The lowest BCUT2D eigenvalue weighted by Gasteiger charge is -2.46. The second-order valence-corrected chi connectivity index (χ2v) is 8.14. The van der Waals surface area contributed by atoms with E-state index in [2.05, 4.69) is 30.9 Å². The maximum absolute atomic E-state index is 6.33. The van der Waals surface area contributed by atoms with Gasteiger partial charge in [-0.2, -0.15) is 5.10 Å². The van der Waals surface area contributed by atoms with Crippen molar-refractivity contribution in [1.29, 1.82) is 0 Å². The van der Waals surface area contributed by atoms with Gasteiger partial charge in [-0.3, -0.25) is 4.68 Å². The molecule has 0 amide bonds. The molecule has 0 aromatic carbocycles. The summed E-state index contributed by atoms with van der Waals surface area (Å²) in [4.78, 5) is 4.08. The SMILES string of the molecule is CCCCCCCCO[C@@H]1CCC(C)(C)[C@H](OC)[C@H]1Cn1cncn1. The monoisotopic (exact) mass is 351 g/mol. The summed E-state index contributed by atoms with van der Waals surface area (Å²) in [6.07, 6.45) is 13.8. The van der Waals surface area contributed by atoms with Gasteiger partial charge in [0.1, 0.15) is 12.7 Å². The molecule has 144 valence electrons. The minimum absolute atomic E-state index is 0.167. The largest absolute Gasteiger partial charge is 0.380 e. The van der Waals surface area contributed by atoms with Gasteiger partial charge in [-0.1, -0.05) is 52.9 Å². The van der Waals surface area contributed by atoms with Crippen molar-refractivity contribution in [1.82, 2.24) is 14.8 Å². The molecule has 1 aromatic rings. The number of unbranched alkanes of at least 4 members (excludes halogenated alkanes) is 5. The zero-order valence-electron chi connectivity index (χ0n) is 16.6. The first-order valence-electron chi connectivity index (χ1n) is 10.0. The van der Waals surface area contributed by atoms with Crippen LogP contribution in [-0.2, 0) is 16.0 Å². The van der Waals surface area contributed by atoms with Crippen LogP contribution in [0.15, 0.2) is 12.7 Å². The van der Waals surface area contributed by atoms with Crippen LogP contribution in [0.1, 0.15) is 72.1 Å². The molecule has 1 aromatic heterocycles. The Morgan fingerprint density at radius 3 is 2.60 bits per heavy atom. The molecule has 0 radical (unpaired) electrons. The highest BCUT2D eigenvalue weighted by molar-refractivity contribution is 4.94. The highest BCUT2D eigenvalue weighted by atomic mass is 16.5. The van der Waals surface area contributed by atoms with Gasteiger partial charge in [-0.25, -0.2) is 4.98 Å². The molecule has 25 heavy (non-hydrogen) atoms. The lowest BCUT2D eigenvalue weighted by atomic mass is 9.68. The number of hydrogen-bond donors (Lipinski definition) is 0. The molecule has 1 heterocycles. The Morgan fingerprint density at radius 1 is 1.16 bits per heavy atom. The molecule has 3 atom stereocenters. The van der Waals surface area contributed by atoms with E-state index < -0.39 is 0 Å². The molecule has 0 aliphatic heterocycles. The van der Waals surface area contributed by atoms with Gasteiger partial charge in [-0.15, -0.1) is 0 Å². The Morgan fingerprint density at radius 2 is 1.92 bits per heavy atom. The molecule has 0 N–H and O–H groups in total. The summed E-state index contributed by atoms with van der Waals surface area (Å²) in [7, 11) is 1.83. The van der Waals surface area contributed by atoms with Crippen molar-refractivity contribution < 1.29 is 9.47 Å². The molecular formula is C20H37N3O2. The van der Waals surface area contributed by atoms with E-state index in [9.17, 15) is 0 Å². The van der Waals surface area contributed by atoms with Gasteiger partial charge >= 0.3 is 0 Å². The average molecular weight is 352 g/mol. The van der Waals surface area contributed by atoms with Crippen molar-refractivity contribution >= 4 is 0 Å². The van der Waals surface area contributed by atoms with E-state index in [0.29, 0.717) is 5.92 Å². The highest BCUT2D eigenvalue weighted by Gasteiger charge is 2.45. The number of ether oxygens (including phenoxy) is 2. The van der Waals surface area contributed by atoms with E-state index >= 15 is 0 Å². The first-order valence-corrected chi connectivity index (χ1v) is 10.0. The fourth-order valence-corrected chi connectivity index (χ4v) is 4.22. The number of rotatable bonds is 11. The molecule has 1 aliphatic carbocycles. The van der Waals surface area contributed by atoms with Crippen LogP contribution in [0.5, 0.6) is 0 Å². The summed E-state index contributed by atoms with van der Waals surface area (Å²) in [6, 6.07) is 0. The van der Waals surface area contributed by atoms with Gasteiger partial charge in [0.2, 0.25) is 0 Å². The Balaban J connectivity index is 1.87. The molecule has 0 bridgehead atoms. The fraction of sp³-hybridized carbons (Fsp3) is 0.900. The molecule has 2 rings (SSSR count). The van der Waals surface area contributed by atoms with Crippen LogP contribution >= 0.6 is 0 Å². The fourth-order valence-electron chi connectivity index (χ4n) is 4.22. The van der Waals surface area contributed by atoms with Gasteiger partial charge < -0.3 is 9.47 Å². The summed E-state index contributed by atoms with van der Waals surface area (Å²) in [6.45, 7) is 8.54. The first-order chi connectivity index (χ1) is 12.1. The maximum Gasteiger partial charge on any atom is 0.137 e. The minimum atomic E-state index is 0.167. The molecule has 0 unspecified atom stereocenters. The number of methoxy groups -OCH3 is 1. The van der Waals surface area contributed by atoms with E-state index in [1.54, 1.807) is 12.7 Å². The van der Waals surface area contributed by atoms with E-state index in [4.69, 9.17) is 9.47 Å². The van der Waals surface area contributed by atoms with Crippen LogP contribution in [-0.4, -0.2) is 40.7 Å². The standard InChI is InChI=1S/C20H37N3O2/c1-5-6-7-8-9-10-13-25-18-11-12-20(2,3)19(24-4)17(18)14-23-16-21-15-22-23/h15-19H,5-14H2,1-4H3/t17-,18+,19+/m0/s1. The minimum Gasteiger partial charge on any atom is -0.380 e. The normalized spacial score (nSPS) is 26.0. The van der Waals surface area contributed by atoms with Gasteiger partial charge in [0.15, 0.2) is 0 Å². The lowest BCUT2D eigenvalue weighted by Crippen LogP contribution is -2.50. The van der Waals surface area contributed by atoms with Gasteiger partial charge in [0.05, 0.1) is 18.8 Å². The Hall–Kier alpha value is -0.940. The van der Waals surface area contributed by atoms with Crippen molar-refractivity contribution in [2.24, 2.45) is 11.3 Å². The van der Waals surface area contributed by atoms with Crippen molar-refractivity contribution in [3.05, 3.63) is 12.7 Å². The van der Waals surface area contributed by atoms with Gasteiger partial charge in [0, 0.05) is 19.6 Å². The van der Waals surface area contributed by atoms with Gasteiger partial charge in [0.25, 0.3) is 0 Å². The molecular weight excluding hydrogens is 314 g/mol. The summed E-state index contributed by atoms with van der Waals surface area (Å²) >= 11 is 0. The Labute approximate surface area is 153 Å². The van der Waals surface area contributed by atoms with E-state index in [1.807, 2.05) is 11.8 Å². The molecule has 0 saturated heterocycles. The van der Waals surface area contributed by atoms with Crippen molar-refractivity contribution in [3.63, 3.8) is 0 Å². The van der Waals surface area contributed by atoms with Crippen LogP contribution in [0.2, 0.25) is 0 Å². The highest BCUT2D eigenvalue weighted by Crippen LogP contribution is 2.42. The van der Waals surface area contributed by atoms with Crippen LogP contribution in [0.25, 0.3) is 0 Å². The quantitative estimate of drug-likeness (QED) is 0.552. The third-order valence-electron chi connectivity index (χ3n) is 5.66. The molecule has 5 heteroatoms. The number of aromatic nitrogens is 3. The predicted octanol–water partition coefficient (Wildman–Crippen LogP) is 4.48. The summed E-state index contributed by atoms with van der Waals surface area (Å²) < 4.78 is 14.2. The van der Waals surface area contributed by atoms with Crippen molar-refractivity contribution in [3.8, 4) is 0 Å². The second-order valence-electron chi connectivity index (χ2n) is 8.14. The van der Waals surface area contributed by atoms with Gasteiger partial charge in [-0.05, 0) is 24.7 Å². The summed E-state index contributed by atoms with van der Waals surface area (Å²) in [5, 5.41) is 4.29. The second kappa shape index (κ2) is 10.3. The Bertz CT molecular complexity index is 462. The lowest BCUT2D eigenvalue weighted by molar-refractivity contribution is -0.136. The van der Waals surface area contributed by atoms with Crippen LogP contribution in [0, 0.1) is 11.3 Å². The predicted molar refractivity (Wildman–Crippen MR) is 100 cm³/mol. The summed E-state index contributed by atoms with van der Waals surface area (Å²) in [5.74, 6) is 0.315. The molecule has 1 saturated carbocycles. The van der Waals surface area contributed by atoms with Crippen molar-refractivity contribution in [2.75, 3.05) is 13.7 Å². The molecule has 1 aliphatic rings. The zero-order chi connectivity index (χ0) is 18.1. The number of hydrogen-bond acceptors (Lipinski definition) is 4. The molecule has 1 fully saturated rings. The number of nitrogens with zero attached hydrogens (tertiary/aromatic N) is 3. The van der Waals surface area contributed by atoms with E-state index in [1.165, 1.54) is 32.1 Å². The maximum atomic E-state index is 6.33. The summed E-state index contributed by atoms with van der Waals surface area (Å²) in [5.41, 5.74) is 0.167. The molecule has 0 spiro atoms. The average Bonchev–Trinajstić information content (AvgIpc) is 3.09. The van der Waals surface area contributed by atoms with E-state index in [0.717, 1.165) is 32.4 Å². The van der Waals surface area contributed by atoms with Crippen LogP contribution in [0.4, 0.5) is 0 Å². The van der Waals surface area contributed by atoms with Crippen LogP contribution < -0.4 is 0 Å². The van der Waals surface area contributed by atoms with E-state index in [-0.39, 0.29) is 17.6 Å². The molecule has 5 nitrogen and oxygen atoms in total. The topological polar surface area (TPSA) is 49.2 Å². The third-order valence-corrected chi connectivity index (χ3v) is 5.66. The van der Waals surface area contributed by atoms with Crippen molar-refractivity contribution in [2.45, 2.75) is 90.9 Å².